The fourth-order valence-electron chi connectivity index (χ4n) is 2.59. The number of carbonyl (C=O) groups excluding carboxylic acids is 1. The maximum Gasteiger partial charge on any atom is 0.244 e. The molecule has 2 rings (SSSR count). The highest BCUT2D eigenvalue weighted by atomic mass is 32.2. The Morgan fingerprint density at radius 2 is 1.65 bits per heavy atom. The van der Waals surface area contributed by atoms with Crippen molar-refractivity contribution in [3.8, 4) is 0 Å². The highest BCUT2D eigenvalue weighted by Crippen LogP contribution is 2.22. The summed E-state index contributed by atoms with van der Waals surface area (Å²) in [5, 5.41) is 2.69. The lowest BCUT2D eigenvalue weighted by molar-refractivity contribution is -0.122. The summed E-state index contributed by atoms with van der Waals surface area (Å²) < 4.78 is 51.7. The van der Waals surface area contributed by atoms with Crippen molar-refractivity contribution in [2.24, 2.45) is 0 Å². The van der Waals surface area contributed by atoms with Gasteiger partial charge in [0, 0.05) is 0 Å². The molecule has 0 fully saturated rings. The summed E-state index contributed by atoms with van der Waals surface area (Å²) in [7, 11) is -3.83. The maximum absolute atomic E-state index is 13.5. The molecule has 0 aromatic heterocycles. The zero-order valence-corrected chi connectivity index (χ0v) is 15.4. The number of anilines is 1. The van der Waals surface area contributed by atoms with Crippen molar-refractivity contribution in [1.82, 2.24) is 5.32 Å². The number of sulfonamides is 1. The molecular formula is C18H20F2N2O3S. The van der Waals surface area contributed by atoms with E-state index in [1.54, 1.807) is 6.92 Å². The van der Waals surface area contributed by atoms with Crippen LogP contribution in [0.1, 0.15) is 25.5 Å². The van der Waals surface area contributed by atoms with E-state index in [1.807, 2.05) is 0 Å². The summed E-state index contributed by atoms with van der Waals surface area (Å²) >= 11 is 0. The molecule has 2 aromatic rings. The number of amides is 1. The van der Waals surface area contributed by atoms with Crippen LogP contribution in [-0.4, -0.2) is 26.6 Å². The standard InChI is InChI=1S/C18H20F2N2O3S/c1-12(14-7-9-15(19)10-8-14)21-18(23)13(2)22(26(3,24)25)17-6-4-5-16(20)11-17/h4-13H,1-3H3,(H,21,23). The largest absolute Gasteiger partial charge is 0.348 e. The molecule has 1 N–H and O–H groups in total. The van der Waals surface area contributed by atoms with Gasteiger partial charge in [-0.3, -0.25) is 9.10 Å². The molecule has 0 heterocycles. The molecule has 8 heteroatoms. The molecule has 0 aliphatic heterocycles. The van der Waals surface area contributed by atoms with Crippen LogP contribution in [0, 0.1) is 11.6 Å². The minimum Gasteiger partial charge on any atom is -0.348 e. The lowest BCUT2D eigenvalue weighted by Crippen LogP contribution is -2.48. The molecule has 140 valence electrons. The second-order valence-corrected chi connectivity index (χ2v) is 7.86. The van der Waals surface area contributed by atoms with Crippen molar-refractivity contribution < 1.29 is 22.0 Å². The average molecular weight is 382 g/mol. The number of hydrogen-bond donors (Lipinski definition) is 1. The average Bonchev–Trinajstić information content (AvgIpc) is 2.54. The van der Waals surface area contributed by atoms with E-state index in [-0.39, 0.29) is 5.69 Å². The van der Waals surface area contributed by atoms with E-state index in [1.165, 1.54) is 49.4 Å². The Bertz CT molecular complexity index is 886. The second kappa shape index (κ2) is 7.82. The van der Waals surface area contributed by atoms with Gasteiger partial charge in [-0.15, -0.1) is 0 Å². The van der Waals surface area contributed by atoms with E-state index in [9.17, 15) is 22.0 Å². The monoisotopic (exact) mass is 382 g/mol. The van der Waals surface area contributed by atoms with Crippen LogP contribution in [0.2, 0.25) is 0 Å². The summed E-state index contributed by atoms with van der Waals surface area (Å²) in [4.78, 5) is 12.6. The lowest BCUT2D eigenvalue weighted by Gasteiger charge is -2.29. The van der Waals surface area contributed by atoms with E-state index in [0.29, 0.717) is 5.56 Å². The van der Waals surface area contributed by atoms with Crippen LogP contribution in [0.3, 0.4) is 0 Å². The number of nitrogens with one attached hydrogen (secondary N) is 1. The number of carbonyl (C=O) groups is 1. The molecule has 1 amide bonds. The van der Waals surface area contributed by atoms with Gasteiger partial charge in [0.25, 0.3) is 0 Å². The normalized spacial score (nSPS) is 13.7. The number of rotatable bonds is 6. The van der Waals surface area contributed by atoms with E-state index in [4.69, 9.17) is 0 Å². The minimum atomic E-state index is -3.83. The minimum absolute atomic E-state index is 0.0598. The third kappa shape index (κ3) is 4.78. The molecule has 2 aromatic carbocycles. The summed E-state index contributed by atoms with van der Waals surface area (Å²) in [6.45, 7) is 3.11. The zero-order chi connectivity index (χ0) is 19.5. The molecule has 2 unspecified atom stereocenters. The molecule has 0 saturated heterocycles. The second-order valence-electron chi connectivity index (χ2n) is 6.00. The predicted octanol–water partition coefficient (Wildman–Crippen LogP) is 3.00. The Morgan fingerprint density at radius 1 is 1.04 bits per heavy atom. The third-order valence-electron chi connectivity index (χ3n) is 3.88. The first-order valence-electron chi connectivity index (χ1n) is 7.90. The quantitative estimate of drug-likeness (QED) is 0.835. The molecule has 0 bridgehead atoms. The van der Waals surface area contributed by atoms with Crippen molar-refractivity contribution in [3.05, 3.63) is 65.7 Å². The van der Waals surface area contributed by atoms with Gasteiger partial charge in [0.2, 0.25) is 15.9 Å². The predicted molar refractivity (Wildman–Crippen MR) is 96.1 cm³/mol. The van der Waals surface area contributed by atoms with Gasteiger partial charge < -0.3 is 5.32 Å². The topological polar surface area (TPSA) is 66.5 Å². The van der Waals surface area contributed by atoms with Gasteiger partial charge in [-0.1, -0.05) is 18.2 Å². The summed E-state index contributed by atoms with van der Waals surface area (Å²) in [5.41, 5.74) is 0.730. The van der Waals surface area contributed by atoms with Gasteiger partial charge in [0.1, 0.15) is 17.7 Å². The van der Waals surface area contributed by atoms with Crippen molar-refractivity contribution in [2.75, 3.05) is 10.6 Å². The summed E-state index contributed by atoms with van der Waals surface area (Å²) in [6.07, 6.45) is 0.949. The zero-order valence-electron chi connectivity index (χ0n) is 14.6. The highest BCUT2D eigenvalue weighted by Gasteiger charge is 2.30. The van der Waals surface area contributed by atoms with Gasteiger partial charge in [-0.2, -0.15) is 0 Å². The smallest absolute Gasteiger partial charge is 0.244 e. The van der Waals surface area contributed by atoms with Gasteiger partial charge in [0.15, 0.2) is 0 Å². The van der Waals surface area contributed by atoms with Crippen molar-refractivity contribution in [1.29, 1.82) is 0 Å². The number of hydrogen-bond acceptors (Lipinski definition) is 3. The molecule has 0 spiro atoms. The molecule has 0 saturated carbocycles. The van der Waals surface area contributed by atoms with Crippen LogP contribution >= 0.6 is 0 Å². The first-order valence-corrected chi connectivity index (χ1v) is 9.75. The molecule has 0 radical (unpaired) electrons. The molecule has 0 aliphatic carbocycles. The van der Waals surface area contributed by atoms with Crippen LogP contribution in [0.5, 0.6) is 0 Å². The molecule has 5 nitrogen and oxygen atoms in total. The van der Waals surface area contributed by atoms with Crippen molar-refractivity contribution >= 4 is 21.6 Å². The summed E-state index contributed by atoms with van der Waals surface area (Å²) in [5.74, 6) is -1.56. The Kier molecular flexibility index (Phi) is 5.97. The Hall–Kier alpha value is -2.48. The van der Waals surface area contributed by atoms with Gasteiger partial charge in [-0.05, 0) is 49.7 Å². The van der Waals surface area contributed by atoms with Crippen molar-refractivity contribution in [2.45, 2.75) is 25.9 Å². The van der Waals surface area contributed by atoms with Gasteiger partial charge in [-0.25, -0.2) is 17.2 Å². The van der Waals surface area contributed by atoms with E-state index in [2.05, 4.69) is 5.32 Å². The summed E-state index contributed by atoms with van der Waals surface area (Å²) in [6, 6.07) is 9.08. The fourth-order valence-corrected chi connectivity index (χ4v) is 3.76. The Labute approximate surface area is 151 Å². The van der Waals surface area contributed by atoms with Crippen LogP contribution in [-0.2, 0) is 14.8 Å². The van der Waals surface area contributed by atoms with E-state index in [0.717, 1.165) is 16.6 Å². The number of benzene rings is 2. The molecular weight excluding hydrogens is 362 g/mol. The van der Waals surface area contributed by atoms with Crippen molar-refractivity contribution in [3.63, 3.8) is 0 Å². The van der Waals surface area contributed by atoms with Crippen LogP contribution in [0.4, 0.5) is 14.5 Å². The van der Waals surface area contributed by atoms with Crippen LogP contribution in [0.25, 0.3) is 0 Å². The Balaban J connectivity index is 2.23. The highest BCUT2D eigenvalue weighted by molar-refractivity contribution is 7.92. The van der Waals surface area contributed by atoms with E-state index < -0.39 is 39.6 Å². The Morgan fingerprint density at radius 3 is 2.19 bits per heavy atom. The van der Waals surface area contributed by atoms with Crippen LogP contribution in [0.15, 0.2) is 48.5 Å². The molecule has 2 atom stereocenters. The number of halogens is 2. The molecule has 0 aliphatic rings. The van der Waals surface area contributed by atoms with E-state index >= 15 is 0 Å². The van der Waals surface area contributed by atoms with Gasteiger partial charge in [0.05, 0.1) is 18.0 Å². The van der Waals surface area contributed by atoms with Crippen LogP contribution < -0.4 is 9.62 Å². The fraction of sp³-hybridized carbons (Fsp3) is 0.278. The third-order valence-corrected chi connectivity index (χ3v) is 5.12. The number of nitrogens with zero attached hydrogens (tertiary/aromatic N) is 1. The first-order chi connectivity index (χ1) is 12.1. The lowest BCUT2D eigenvalue weighted by atomic mass is 10.1. The maximum atomic E-state index is 13.5. The molecule has 26 heavy (non-hydrogen) atoms. The SMILES string of the molecule is CC(NC(=O)C(C)N(c1cccc(F)c1)S(C)(=O)=O)c1ccc(F)cc1. The first kappa shape index (κ1) is 19.8. The van der Waals surface area contributed by atoms with Gasteiger partial charge >= 0.3 is 0 Å².